The van der Waals surface area contributed by atoms with Gasteiger partial charge in [-0.3, -0.25) is 4.79 Å². The number of carbonyl (C=O) groups is 2. The quantitative estimate of drug-likeness (QED) is 0.578. The summed E-state index contributed by atoms with van der Waals surface area (Å²) in [6, 6.07) is -0.0909. The molecule has 1 aliphatic heterocycles. The van der Waals surface area contributed by atoms with Crippen LogP contribution < -0.4 is 0 Å². The molecule has 0 aromatic rings. The summed E-state index contributed by atoms with van der Waals surface area (Å²) in [6.45, 7) is 6.89. The fraction of sp³-hybridized carbons (Fsp3) is 0.846. The Morgan fingerprint density at radius 1 is 1.32 bits per heavy atom. The molecule has 0 aromatic carbocycles. The van der Waals surface area contributed by atoms with Crippen LogP contribution in [0.2, 0.25) is 0 Å². The molecule has 2 rings (SSSR count). The molecule has 1 amide bonds. The van der Waals surface area contributed by atoms with Gasteiger partial charge in [-0.05, 0) is 33.6 Å². The van der Waals surface area contributed by atoms with Crippen LogP contribution in [0.4, 0.5) is 4.79 Å². The number of alkyl halides is 1. The Balaban J connectivity index is 1.73. The number of hydrogen-bond donors (Lipinski definition) is 0. The van der Waals surface area contributed by atoms with Crippen molar-refractivity contribution in [1.29, 1.82) is 0 Å². The fourth-order valence-corrected chi connectivity index (χ4v) is 2.91. The van der Waals surface area contributed by atoms with E-state index in [1.165, 1.54) is 0 Å². The minimum absolute atomic E-state index is 0.0560. The van der Waals surface area contributed by atoms with E-state index in [9.17, 15) is 9.59 Å². The summed E-state index contributed by atoms with van der Waals surface area (Å²) in [6.07, 6.45) is 1.29. The fourth-order valence-electron chi connectivity index (χ4n) is 2.80. The zero-order valence-corrected chi connectivity index (χ0v) is 12.3. The van der Waals surface area contributed by atoms with Crippen molar-refractivity contribution in [3.63, 3.8) is 0 Å². The molecule has 0 atom stereocenters. The number of amides is 1. The third-order valence-corrected chi connectivity index (χ3v) is 3.70. The van der Waals surface area contributed by atoms with Gasteiger partial charge in [-0.15, -0.1) is 0 Å². The maximum Gasteiger partial charge on any atom is 0.410 e. The number of esters is 1. The lowest BCUT2D eigenvalue weighted by molar-refractivity contribution is -0.163. The van der Waals surface area contributed by atoms with E-state index >= 15 is 0 Å². The summed E-state index contributed by atoms with van der Waals surface area (Å²) in [5.74, 6) is -0.282. The summed E-state index contributed by atoms with van der Waals surface area (Å²) in [5, 5.41) is 0. The van der Waals surface area contributed by atoms with Crippen molar-refractivity contribution in [2.24, 2.45) is 11.3 Å². The van der Waals surface area contributed by atoms with Crippen LogP contribution in [-0.2, 0) is 14.3 Å². The van der Waals surface area contributed by atoms with E-state index in [0.717, 1.165) is 12.8 Å². The molecular formula is C13H20ClNO4. The van der Waals surface area contributed by atoms with E-state index in [0.29, 0.717) is 13.1 Å². The molecule has 0 radical (unpaired) electrons. The molecule has 0 N–H and O–H groups in total. The minimum Gasteiger partial charge on any atom is -0.449 e. The van der Waals surface area contributed by atoms with Crippen LogP contribution in [0.15, 0.2) is 0 Å². The second kappa shape index (κ2) is 4.85. The van der Waals surface area contributed by atoms with Gasteiger partial charge in [0.05, 0.1) is 5.92 Å². The molecule has 108 valence electrons. The first kappa shape index (κ1) is 14.4. The van der Waals surface area contributed by atoms with Crippen LogP contribution in [0.25, 0.3) is 0 Å². The number of nitrogens with zero attached hydrogens (tertiary/aromatic N) is 1. The smallest absolute Gasteiger partial charge is 0.410 e. The molecule has 1 saturated heterocycles. The number of likely N-dealkylation sites (tertiary alicyclic amines) is 1. The van der Waals surface area contributed by atoms with Gasteiger partial charge >= 0.3 is 12.1 Å². The standard InChI is InChI=1S/C13H20ClNO4/c1-12(2,3)19-11(17)15-6-13(7-15)4-9(5-13)10(16)18-8-14/h9H,4-8H2,1-3H3. The summed E-state index contributed by atoms with van der Waals surface area (Å²) in [5.41, 5.74) is -0.362. The summed E-state index contributed by atoms with van der Waals surface area (Å²) in [4.78, 5) is 24.9. The lowest BCUT2D eigenvalue weighted by Gasteiger charge is -2.57. The predicted molar refractivity (Wildman–Crippen MR) is 69.8 cm³/mol. The highest BCUT2D eigenvalue weighted by Crippen LogP contribution is 2.52. The number of ether oxygens (including phenoxy) is 2. The molecule has 5 nitrogen and oxygen atoms in total. The first-order valence-corrected chi connectivity index (χ1v) is 6.99. The Labute approximate surface area is 118 Å². The van der Waals surface area contributed by atoms with E-state index in [1.807, 2.05) is 20.8 Å². The first-order chi connectivity index (χ1) is 8.75. The van der Waals surface area contributed by atoms with E-state index in [1.54, 1.807) is 4.90 Å². The van der Waals surface area contributed by atoms with Crippen LogP contribution in [-0.4, -0.2) is 41.7 Å². The SMILES string of the molecule is CC(C)(C)OC(=O)N1CC2(CC(C(=O)OCCl)C2)C1. The molecule has 0 aromatic heterocycles. The monoisotopic (exact) mass is 289 g/mol. The Morgan fingerprint density at radius 3 is 2.37 bits per heavy atom. The van der Waals surface area contributed by atoms with E-state index in [2.05, 4.69) is 0 Å². The van der Waals surface area contributed by atoms with Crippen molar-refractivity contribution in [2.45, 2.75) is 39.2 Å². The van der Waals surface area contributed by atoms with Crippen molar-refractivity contribution >= 4 is 23.7 Å². The number of carbonyl (C=O) groups excluding carboxylic acids is 2. The molecule has 0 unspecified atom stereocenters. The summed E-state index contributed by atoms with van der Waals surface area (Å²) >= 11 is 5.35. The van der Waals surface area contributed by atoms with Crippen LogP contribution in [0.5, 0.6) is 0 Å². The molecule has 6 heteroatoms. The van der Waals surface area contributed by atoms with Crippen LogP contribution >= 0.6 is 11.6 Å². The van der Waals surface area contributed by atoms with Gasteiger partial charge in [0.25, 0.3) is 0 Å². The highest BCUT2D eigenvalue weighted by atomic mass is 35.5. The first-order valence-electron chi connectivity index (χ1n) is 6.45. The van der Waals surface area contributed by atoms with Crippen molar-refractivity contribution in [1.82, 2.24) is 4.90 Å². The molecule has 0 bridgehead atoms. The zero-order valence-electron chi connectivity index (χ0n) is 11.6. The van der Waals surface area contributed by atoms with E-state index < -0.39 is 5.60 Å². The van der Waals surface area contributed by atoms with Crippen molar-refractivity contribution in [3.8, 4) is 0 Å². The molecule has 1 spiro atoms. The average molecular weight is 290 g/mol. The molecule has 1 heterocycles. The lowest BCUT2D eigenvalue weighted by Crippen LogP contribution is -2.65. The highest BCUT2D eigenvalue weighted by Gasteiger charge is 2.56. The maximum atomic E-state index is 11.8. The van der Waals surface area contributed by atoms with Crippen molar-refractivity contribution in [3.05, 3.63) is 0 Å². The minimum atomic E-state index is -0.466. The average Bonchev–Trinajstić information content (AvgIpc) is 2.10. The highest BCUT2D eigenvalue weighted by molar-refractivity contribution is 6.17. The predicted octanol–water partition coefficient (Wildman–Crippen LogP) is 2.37. The normalized spacial score (nSPS) is 21.6. The second-order valence-electron chi connectivity index (χ2n) is 6.51. The zero-order chi connectivity index (χ0) is 14.3. The van der Waals surface area contributed by atoms with Gasteiger partial charge in [0.2, 0.25) is 0 Å². The molecular weight excluding hydrogens is 270 g/mol. The molecule has 2 fully saturated rings. The van der Waals surface area contributed by atoms with Gasteiger partial charge in [0.1, 0.15) is 5.60 Å². The van der Waals surface area contributed by atoms with E-state index in [-0.39, 0.29) is 29.5 Å². The molecule has 1 saturated carbocycles. The number of halogens is 1. The summed E-state index contributed by atoms with van der Waals surface area (Å²) in [7, 11) is 0. The van der Waals surface area contributed by atoms with Crippen molar-refractivity contribution in [2.75, 3.05) is 19.2 Å². The molecule has 1 aliphatic carbocycles. The van der Waals surface area contributed by atoms with Crippen LogP contribution in [0.1, 0.15) is 33.6 Å². The van der Waals surface area contributed by atoms with Gasteiger partial charge in [-0.25, -0.2) is 4.79 Å². The van der Waals surface area contributed by atoms with Gasteiger partial charge in [0, 0.05) is 18.5 Å². The maximum absolute atomic E-state index is 11.8. The Morgan fingerprint density at radius 2 is 1.89 bits per heavy atom. The van der Waals surface area contributed by atoms with Crippen molar-refractivity contribution < 1.29 is 19.1 Å². The van der Waals surface area contributed by atoms with Crippen LogP contribution in [0, 0.1) is 11.3 Å². The Bertz CT molecular complexity index is 377. The van der Waals surface area contributed by atoms with Gasteiger partial charge in [-0.1, -0.05) is 11.6 Å². The van der Waals surface area contributed by atoms with E-state index in [4.69, 9.17) is 21.1 Å². The molecule has 2 aliphatic rings. The van der Waals surface area contributed by atoms with Gasteiger partial charge in [0.15, 0.2) is 6.07 Å². The Hall–Kier alpha value is -0.970. The summed E-state index contributed by atoms with van der Waals surface area (Å²) < 4.78 is 10.1. The van der Waals surface area contributed by atoms with Gasteiger partial charge < -0.3 is 14.4 Å². The molecule has 19 heavy (non-hydrogen) atoms. The largest absolute Gasteiger partial charge is 0.449 e. The third-order valence-electron chi connectivity index (χ3n) is 3.59. The topological polar surface area (TPSA) is 55.8 Å². The Kier molecular flexibility index (Phi) is 3.69. The second-order valence-corrected chi connectivity index (χ2v) is 6.73. The van der Waals surface area contributed by atoms with Gasteiger partial charge in [-0.2, -0.15) is 0 Å². The number of rotatable bonds is 2. The third kappa shape index (κ3) is 3.14. The van der Waals surface area contributed by atoms with Crippen LogP contribution in [0.3, 0.4) is 0 Å². The lowest BCUT2D eigenvalue weighted by atomic mass is 9.58. The number of hydrogen-bond acceptors (Lipinski definition) is 4.